The van der Waals surface area contributed by atoms with Crippen LogP contribution in [0.5, 0.6) is 0 Å². The molecule has 8 nitrogen and oxygen atoms in total. The van der Waals surface area contributed by atoms with Gasteiger partial charge in [-0.3, -0.25) is 9.59 Å². The molecule has 0 aliphatic carbocycles. The number of hydrogen-bond acceptors (Lipinski definition) is 6. The summed E-state index contributed by atoms with van der Waals surface area (Å²) in [5, 5.41) is 9.32. The topological polar surface area (TPSA) is 99.1 Å². The first-order chi connectivity index (χ1) is 12.6. The summed E-state index contributed by atoms with van der Waals surface area (Å²) in [6, 6.07) is -0.599. The molecule has 0 fully saturated rings. The fourth-order valence-electron chi connectivity index (χ4n) is 2.40. The fraction of sp³-hybridized carbons (Fsp3) is 0.842. The zero-order valence-corrected chi connectivity index (χ0v) is 17.4. The number of rotatable bonds is 15. The number of likely N-dealkylation sites (N-methyl/N-ethyl adjacent to an activating group) is 1. The largest absolute Gasteiger partial charge is 0.477 e. The lowest BCUT2D eigenvalue weighted by atomic mass is 10.1. The first kappa shape index (κ1) is 25.3. The molecule has 0 rings (SSSR count). The SMILES string of the molecule is CCCCC(=O)OC(COCCC(C(=O)O)[N+](C)(C)C)COC(=O)CCC. The number of quaternary nitrogens is 1. The number of hydrogen-bond donors (Lipinski definition) is 1. The number of aliphatic carboxylic acids is 1. The molecule has 0 radical (unpaired) electrons. The molecule has 0 aliphatic heterocycles. The van der Waals surface area contributed by atoms with E-state index in [0.29, 0.717) is 25.7 Å². The van der Waals surface area contributed by atoms with Crippen molar-refractivity contribution >= 4 is 17.9 Å². The Balaban J connectivity index is 4.53. The van der Waals surface area contributed by atoms with Gasteiger partial charge >= 0.3 is 17.9 Å². The number of carboxylic acids is 1. The number of nitrogens with zero attached hydrogens (tertiary/aromatic N) is 1. The van der Waals surface area contributed by atoms with Crippen molar-refractivity contribution in [2.45, 2.75) is 64.5 Å². The lowest BCUT2D eigenvalue weighted by Gasteiger charge is -2.31. The van der Waals surface area contributed by atoms with E-state index in [0.717, 1.165) is 12.8 Å². The molecule has 0 aliphatic rings. The van der Waals surface area contributed by atoms with Gasteiger partial charge in [0.15, 0.2) is 12.1 Å². The number of carbonyl (C=O) groups is 3. The standard InChI is InChI=1S/C19H35NO7/c1-6-8-10-18(22)27-15(14-26-17(21)9-7-2)13-25-12-11-16(19(23)24)20(3,4)5/h15-16H,6-14H2,1-5H3/p+1. The average molecular weight is 390 g/mol. The summed E-state index contributed by atoms with van der Waals surface area (Å²) in [4.78, 5) is 34.7. The van der Waals surface area contributed by atoms with Gasteiger partial charge in [0.25, 0.3) is 0 Å². The summed E-state index contributed by atoms with van der Waals surface area (Å²) in [5.41, 5.74) is 0. The summed E-state index contributed by atoms with van der Waals surface area (Å²) in [6.45, 7) is 4.06. The minimum atomic E-state index is -0.887. The zero-order chi connectivity index (χ0) is 20.9. The highest BCUT2D eigenvalue weighted by Gasteiger charge is 2.31. The number of esters is 2. The molecule has 0 aromatic heterocycles. The van der Waals surface area contributed by atoms with Gasteiger partial charge in [-0.2, -0.15) is 0 Å². The quantitative estimate of drug-likeness (QED) is 0.259. The van der Waals surface area contributed by atoms with Crippen LogP contribution < -0.4 is 0 Å². The minimum Gasteiger partial charge on any atom is -0.477 e. The van der Waals surface area contributed by atoms with Gasteiger partial charge in [-0.25, -0.2) is 4.79 Å². The first-order valence-electron chi connectivity index (χ1n) is 9.58. The Hall–Kier alpha value is -1.67. The molecule has 0 saturated carbocycles. The highest BCUT2D eigenvalue weighted by atomic mass is 16.6. The van der Waals surface area contributed by atoms with E-state index in [4.69, 9.17) is 14.2 Å². The van der Waals surface area contributed by atoms with Crippen molar-refractivity contribution in [2.75, 3.05) is 41.0 Å². The molecule has 8 heteroatoms. The number of carbonyl (C=O) groups excluding carboxylic acids is 2. The van der Waals surface area contributed by atoms with Gasteiger partial charge in [-0.15, -0.1) is 0 Å². The fourth-order valence-corrected chi connectivity index (χ4v) is 2.40. The van der Waals surface area contributed by atoms with Gasteiger partial charge in [-0.05, 0) is 12.8 Å². The number of unbranched alkanes of at least 4 members (excludes halogenated alkanes) is 1. The van der Waals surface area contributed by atoms with Crippen molar-refractivity contribution in [3.8, 4) is 0 Å². The molecular formula is C19H36NO7+. The van der Waals surface area contributed by atoms with Crippen molar-refractivity contribution in [2.24, 2.45) is 0 Å². The Morgan fingerprint density at radius 2 is 1.63 bits per heavy atom. The molecule has 0 saturated heterocycles. The highest BCUT2D eigenvalue weighted by molar-refractivity contribution is 5.72. The summed E-state index contributed by atoms with van der Waals surface area (Å²) < 4.78 is 16.3. The normalized spacial score (nSPS) is 13.7. The number of ether oxygens (including phenoxy) is 3. The maximum absolute atomic E-state index is 11.8. The molecule has 27 heavy (non-hydrogen) atoms. The predicted octanol–water partition coefficient (Wildman–Crippen LogP) is 2.00. The molecule has 0 spiro atoms. The van der Waals surface area contributed by atoms with Crippen molar-refractivity contribution in [1.29, 1.82) is 0 Å². The molecule has 0 bridgehead atoms. The van der Waals surface area contributed by atoms with E-state index in [2.05, 4.69) is 0 Å². The van der Waals surface area contributed by atoms with E-state index >= 15 is 0 Å². The Labute approximate surface area is 162 Å². The van der Waals surface area contributed by atoms with Crippen LogP contribution >= 0.6 is 0 Å². The second-order valence-corrected chi connectivity index (χ2v) is 7.48. The molecule has 2 atom stereocenters. The van der Waals surface area contributed by atoms with Crippen LogP contribution in [0.2, 0.25) is 0 Å². The van der Waals surface area contributed by atoms with Crippen molar-refractivity contribution in [3.63, 3.8) is 0 Å². The Morgan fingerprint density at radius 3 is 2.15 bits per heavy atom. The van der Waals surface area contributed by atoms with Crippen LogP contribution in [0.25, 0.3) is 0 Å². The minimum absolute atomic E-state index is 0.0563. The van der Waals surface area contributed by atoms with Crippen LogP contribution in [0.15, 0.2) is 0 Å². The Morgan fingerprint density at radius 1 is 0.963 bits per heavy atom. The van der Waals surface area contributed by atoms with Gasteiger partial charge in [-0.1, -0.05) is 20.3 Å². The van der Waals surface area contributed by atoms with Gasteiger partial charge < -0.3 is 23.8 Å². The molecule has 0 heterocycles. The average Bonchev–Trinajstić information content (AvgIpc) is 2.56. The van der Waals surface area contributed by atoms with Gasteiger partial charge in [0, 0.05) is 19.3 Å². The van der Waals surface area contributed by atoms with Crippen LogP contribution in [-0.2, 0) is 28.6 Å². The number of carboxylic acid groups (broad SMARTS) is 1. The molecule has 2 unspecified atom stereocenters. The molecule has 0 amide bonds. The van der Waals surface area contributed by atoms with E-state index in [1.165, 1.54) is 0 Å². The van der Waals surface area contributed by atoms with E-state index < -0.39 is 18.1 Å². The third kappa shape index (κ3) is 12.4. The summed E-state index contributed by atoms with van der Waals surface area (Å²) in [6.07, 6.45) is 2.53. The second kappa shape index (κ2) is 13.5. The zero-order valence-electron chi connectivity index (χ0n) is 17.4. The Bertz CT molecular complexity index is 459. The van der Waals surface area contributed by atoms with Crippen LogP contribution in [0, 0.1) is 0 Å². The Kier molecular flexibility index (Phi) is 12.7. The van der Waals surface area contributed by atoms with E-state index in [1.54, 1.807) is 0 Å². The maximum Gasteiger partial charge on any atom is 0.362 e. The molecule has 0 aromatic carbocycles. The molecular weight excluding hydrogens is 354 g/mol. The van der Waals surface area contributed by atoms with Crippen LogP contribution in [0.4, 0.5) is 0 Å². The lowest BCUT2D eigenvalue weighted by Crippen LogP contribution is -2.50. The monoisotopic (exact) mass is 390 g/mol. The summed E-state index contributed by atoms with van der Waals surface area (Å²) in [5.74, 6) is -1.59. The van der Waals surface area contributed by atoms with Crippen LogP contribution in [-0.4, -0.2) is 80.6 Å². The van der Waals surface area contributed by atoms with Crippen molar-refractivity contribution in [3.05, 3.63) is 0 Å². The van der Waals surface area contributed by atoms with Crippen LogP contribution in [0.1, 0.15) is 52.4 Å². The van der Waals surface area contributed by atoms with E-state index in [-0.39, 0.29) is 36.2 Å². The maximum atomic E-state index is 11.8. The third-order valence-corrected chi connectivity index (χ3v) is 3.98. The van der Waals surface area contributed by atoms with Crippen LogP contribution in [0.3, 0.4) is 0 Å². The van der Waals surface area contributed by atoms with E-state index in [9.17, 15) is 19.5 Å². The summed E-state index contributed by atoms with van der Waals surface area (Å²) >= 11 is 0. The van der Waals surface area contributed by atoms with Gasteiger partial charge in [0.05, 0.1) is 34.4 Å². The predicted molar refractivity (Wildman–Crippen MR) is 100 cm³/mol. The van der Waals surface area contributed by atoms with E-state index in [1.807, 2.05) is 35.0 Å². The first-order valence-corrected chi connectivity index (χ1v) is 9.58. The smallest absolute Gasteiger partial charge is 0.362 e. The lowest BCUT2D eigenvalue weighted by molar-refractivity contribution is -0.887. The van der Waals surface area contributed by atoms with Crippen molar-refractivity contribution < 1.29 is 38.2 Å². The highest BCUT2D eigenvalue weighted by Crippen LogP contribution is 2.09. The molecule has 158 valence electrons. The van der Waals surface area contributed by atoms with Gasteiger partial charge in [0.1, 0.15) is 6.61 Å². The summed E-state index contributed by atoms with van der Waals surface area (Å²) in [7, 11) is 5.43. The third-order valence-electron chi connectivity index (χ3n) is 3.98. The molecule has 1 N–H and O–H groups in total. The van der Waals surface area contributed by atoms with Gasteiger partial charge in [0.2, 0.25) is 0 Å². The van der Waals surface area contributed by atoms with Crippen molar-refractivity contribution in [1.82, 2.24) is 0 Å². The second-order valence-electron chi connectivity index (χ2n) is 7.48. The molecule has 0 aromatic rings.